The number of aromatic nitrogens is 2. The van der Waals surface area contributed by atoms with E-state index in [-0.39, 0.29) is 28.7 Å². The van der Waals surface area contributed by atoms with Crippen LogP contribution >= 0.6 is 0 Å². The van der Waals surface area contributed by atoms with E-state index < -0.39 is 10.0 Å². The van der Waals surface area contributed by atoms with Crippen LogP contribution in [0.25, 0.3) is 0 Å². The number of rotatable bonds is 7. The lowest BCUT2D eigenvalue weighted by atomic mass is 9.95. The molecule has 9 nitrogen and oxygen atoms in total. The first-order chi connectivity index (χ1) is 13.3. The van der Waals surface area contributed by atoms with Gasteiger partial charge in [0.15, 0.2) is 0 Å². The van der Waals surface area contributed by atoms with Crippen molar-refractivity contribution in [2.75, 3.05) is 26.2 Å². The minimum Gasteiger partial charge on any atom is -0.353 e. The SMILES string of the molecule is C=CC(=O)N1CC(CC(=O)NC2CCN(S(=O)(=O)c3cnn(CC)c3)CC2)C1. The van der Waals surface area contributed by atoms with Gasteiger partial charge in [0.05, 0.1) is 6.20 Å². The molecule has 3 heterocycles. The van der Waals surface area contributed by atoms with E-state index in [4.69, 9.17) is 0 Å². The highest BCUT2D eigenvalue weighted by Crippen LogP contribution is 2.22. The lowest BCUT2D eigenvalue weighted by Crippen LogP contribution is -2.52. The summed E-state index contributed by atoms with van der Waals surface area (Å²) in [5.41, 5.74) is 0. The molecule has 0 radical (unpaired) electrons. The quantitative estimate of drug-likeness (QED) is 0.648. The summed E-state index contributed by atoms with van der Waals surface area (Å²) >= 11 is 0. The Morgan fingerprint density at radius 3 is 2.57 bits per heavy atom. The maximum absolute atomic E-state index is 12.7. The molecule has 0 atom stereocenters. The molecule has 3 rings (SSSR count). The van der Waals surface area contributed by atoms with Crippen LogP contribution in [0.4, 0.5) is 0 Å². The topological polar surface area (TPSA) is 105 Å². The van der Waals surface area contributed by atoms with Crippen LogP contribution in [0, 0.1) is 5.92 Å². The second-order valence-electron chi connectivity index (χ2n) is 7.30. The number of amides is 2. The van der Waals surface area contributed by atoms with Gasteiger partial charge in [-0.25, -0.2) is 8.42 Å². The second kappa shape index (κ2) is 8.44. The summed E-state index contributed by atoms with van der Waals surface area (Å²) < 4.78 is 28.4. The highest BCUT2D eigenvalue weighted by atomic mass is 32.2. The lowest BCUT2D eigenvalue weighted by molar-refractivity contribution is -0.135. The van der Waals surface area contributed by atoms with Crippen LogP contribution in [-0.2, 0) is 26.2 Å². The Kier molecular flexibility index (Phi) is 6.19. The number of sulfonamides is 1. The van der Waals surface area contributed by atoms with Crippen LogP contribution in [0.15, 0.2) is 29.9 Å². The molecule has 28 heavy (non-hydrogen) atoms. The van der Waals surface area contributed by atoms with Gasteiger partial charge in [-0.1, -0.05) is 6.58 Å². The number of hydrogen-bond acceptors (Lipinski definition) is 5. The van der Waals surface area contributed by atoms with Crippen molar-refractivity contribution in [1.82, 2.24) is 24.3 Å². The van der Waals surface area contributed by atoms with Crippen LogP contribution in [-0.4, -0.2) is 71.4 Å². The maximum Gasteiger partial charge on any atom is 0.246 e. The number of piperidine rings is 1. The van der Waals surface area contributed by atoms with Crippen LogP contribution < -0.4 is 5.32 Å². The summed E-state index contributed by atoms with van der Waals surface area (Å²) in [7, 11) is -3.54. The van der Waals surface area contributed by atoms with Crippen LogP contribution in [0.2, 0.25) is 0 Å². The summed E-state index contributed by atoms with van der Waals surface area (Å²) in [6.45, 7) is 7.88. The first-order valence-corrected chi connectivity index (χ1v) is 11.0. The standard InChI is InChI=1S/C18H27N5O4S/c1-3-18(25)21-11-14(12-21)9-17(24)20-15-5-7-23(8-6-15)28(26,27)16-10-19-22(4-2)13-16/h3,10,13-15H,1,4-9,11-12H2,2H3,(H,20,24). The molecule has 154 valence electrons. The summed E-state index contributed by atoms with van der Waals surface area (Å²) in [6.07, 6.45) is 5.76. The van der Waals surface area contributed by atoms with E-state index in [1.54, 1.807) is 15.8 Å². The van der Waals surface area contributed by atoms with E-state index in [1.165, 1.54) is 16.6 Å². The molecule has 0 unspecified atom stereocenters. The first-order valence-electron chi connectivity index (χ1n) is 9.56. The molecule has 10 heteroatoms. The second-order valence-corrected chi connectivity index (χ2v) is 9.23. The van der Waals surface area contributed by atoms with Gasteiger partial charge >= 0.3 is 0 Å². The number of aryl methyl sites for hydroxylation is 1. The zero-order valence-electron chi connectivity index (χ0n) is 16.1. The Bertz CT molecular complexity index is 836. The smallest absolute Gasteiger partial charge is 0.246 e. The first kappa shape index (κ1) is 20.5. The van der Waals surface area contributed by atoms with Crippen LogP contribution in [0.1, 0.15) is 26.2 Å². The molecule has 0 aliphatic carbocycles. The fourth-order valence-corrected chi connectivity index (χ4v) is 5.02. The Balaban J connectivity index is 1.43. The van der Waals surface area contributed by atoms with Gasteiger partial charge in [0.25, 0.3) is 0 Å². The average molecular weight is 410 g/mol. The molecule has 2 amide bonds. The van der Waals surface area contributed by atoms with E-state index in [0.717, 1.165) is 0 Å². The zero-order chi connectivity index (χ0) is 20.3. The van der Waals surface area contributed by atoms with E-state index in [9.17, 15) is 18.0 Å². The van der Waals surface area contributed by atoms with Gasteiger partial charge in [-0.3, -0.25) is 14.3 Å². The zero-order valence-corrected chi connectivity index (χ0v) is 16.9. The predicted molar refractivity (Wildman–Crippen MR) is 103 cm³/mol. The summed E-state index contributed by atoms with van der Waals surface area (Å²) in [6, 6.07) is -0.0247. The molecule has 1 aromatic heterocycles. The van der Waals surface area contributed by atoms with Crippen molar-refractivity contribution in [3.8, 4) is 0 Å². The molecule has 2 fully saturated rings. The molecule has 1 aromatic rings. The minimum atomic E-state index is -3.54. The molecular weight excluding hydrogens is 382 g/mol. The molecule has 0 bridgehead atoms. The molecule has 0 saturated carbocycles. The monoisotopic (exact) mass is 409 g/mol. The molecular formula is C18H27N5O4S. The van der Waals surface area contributed by atoms with Crippen LogP contribution in [0.5, 0.6) is 0 Å². The minimum absolute atomic E-state index is 0.0247. The van der Waals surface area contributed by atoms with Gasteiger partial charge in [-0.2, -0.15) is 9.40 Å². The predicted octanol–water partition coefficient (Wildman–Crippen LogP) is 0.207. The Labute approximate surface area is 165 Å². The number of carbonyl (C=O) groups is 2. The molecule has 2 aliphatic heterocycles. The van der Waals surface area contributed by atoms with E-state index in [0.29, 0.717) is 52.0 Å². The van der Waals surface area contributed by atoms with Gasteiger partial charge in [0.2, 0.25) is 21.8 Å². The van der Waals surface area contributed by atoms with Crippen molar-refractivity contribution >= 4 is 21.8 Å². The fraction of sp³-hybridized carbons (Fsp3) is 0.611. The number of likely N-dealkylation sites (tertiary alicyclic amines) is 1. The summed E-state index contributed by atoms with van der Waals surface area (Å²) in [5, 5.41) is 7.04. The Hall–Kier alpha value is -2.20. The maximum atomic E-state index is 12.7. The normalized spacial score (nSPS) is 19.2. The molecule has 1 N–H and O–H groups in total. The van der Waals surface area contributed by atoms with Crippen molar-refractivity contribution < 1.29 is 18.0 Å². The van der Waals surface area contributed by atoms with Crippen molar-refractivity contribution in [3.63, 3.8) is 0 Å². The van der Waals surface area contributed by atoms with Crippen molar-refractivity contribution in [1.29, 1.82) is 0 Å². The summed E-state index contributed by atoms with van der Waals surface area (Å²) in [5.74, 6) is 0.0374. The number of carbonyl (C=O) groups excluding carboxylic acids is 2. The van der Waals surface area contributed by atoms with Crippen molar-refractivity contribution in [2.45, 2.75) is 43.7 Å². The summed E-state index contributed by atoms with van der Waals surface area (Å²) in [4.78, 5) is 25.5. The largest absolute Gasteiger partial charge is 0.353 e. The van der Waals surface area contributed by atoms with Gasteiger partial charge in [-0.15, -0.1) is 0 Å². The third-order valence-electron chi connectivity index (χ3n) is 5.31. The third kappa shape index (κ3) is 4.44. The lowest BCUT2D eigenvalue weighted by Gasteiger charge is -2.38. The fourth-order valence-electron chi connectivity index (χ4n) is 3.60. The van der Waals surface area contributed by atoms with Gasteiger partial charge in [-0.05, 0) is 25.8 Å². The third-order valence-corrected chi connectivity index (χ3v) is 7.16. The van der Waals surface area contributed by atoms with Gasteiger partial charge < -0.3 is 10.2 Å². The van der Waals surface area contributed by atoms with Gasteiger partial charge in [0, 0.05) is 57.3 Å². The van der Waals surface area contributed by atoms with E-state index in [2.05, 4.69) is 17.0 Å². The molecule has 2 saturated heterocycles. The number of nitrogens with one attached hydrogen (secondary N) is 1. The van der Waals surface area contributed by atoms with Crippen LogP contribution in [0.3, 0.4) is 0 Å². The number of hydrogen-bond donors (Lipinski definition) is 1. The highest BCUT2D eigenvalue weighted by Gasteiger charge is 2.33. The average Bonchev–Trinajstić information content (AvgIpc) is 3.14. The molecule has 0 spiro atoms. The molecule has 0 aromatic carbocycles. The molecule has 2 aliphatic rings. The Morgan fingerprint density at radius 2 is 2.00 bits per heavy atom. The Morgan fingerprint density at radius 1 is 1.32 bits per heavy atom. The van der Waals surface area contributed by atoms with E-state index in [1.807, 2.05) is 6.92 Å². The van der Waals surface area contributed by atoms with Crippen molar-refractivity contribution in [2.24, 2.45) is 5.92 Å². The number of nitrogens with zero attached hydrogens (tertiary/aromatic N) is 4. The van der Waals surface area contributed by atoms with Crippen molar-refractivity contribution in [3.05, 3.63) is 25.0 Å². The van der Waals surface area contributed by atoms with Gasteiger partial charge in [0.1, 0.15) is 4.90 Å². The highest BCUT2D eigenvalue weighted by molar-refractivity contribution is 7.89. The van der Waals surface area contributed by atoms with E-state index >= 15 is 0 Å².